The van der Waals surface area contributed by atoms with E-state index in [1.54, 1.807) is 0 Å². The van der Waals surface area contributed by atoms with E-state index < -0.39 is 5.97 Å². The van der Waals surface area contributed by atoms with Gasteiger partial charge in [-0.3, -0.25) is 9.69 Å². The molecule has 0 fully saturated rings. The molecule has 0 unspecified atom stereocenters. The Labute approximate surface area is 96.7 Å². The van der Waals surface area contributed by atoms with Crippen molar-refractivity contribution in [1.29, 1.82) is 0 Å². The van der Waals surface area contributed by atoms with Gasteiger partial charge in [-0.2, -0.15) is 0 Å². The zero-order valence-corrected chi connectivity index (χ0v) is 9.72. The van der Waals surface area contributed by atoms with Gasteiger partial charge < -0.3 is 5.11 Å². The molecule has 0 aliphatic carbocycles. The molecule has 0 amide bonds. The van der Waals surface area contributed by atoms with Crippen molar-refractivity contribution < 1.29 is 9.90 Å². The van der Waals surface area contributed by atoms with Gasteiger partial charge in [0.15, 0.2) is 0 Å². The lowest BCUT2D eigenvalue weighted by atomic mass is 10.1. The van der Waals surface area contributed by atoms with Crippen LogP contribution in [0.2, 0.25) is 0 Å². The highest BCUT2D eigenvalue weighted by Gasteiger charge is 2.08. The van der Waals surface area contributed by atoms with Crippen LogP contribution >= 0.6 is 0 Å². The number of rotatable bonds is 7. The molecule has 1 N–H and O–H groups in total. The SMILES string of the molecule is CCCN(CCc1ccccc1)CC(=O)O. The molecule has 0 spiro atoms. The maximum absolute atomic E-state index is 10.7. The molecule has 0 aromatic heterocycles. The first-order valence-electron chi connectivity index (χ1n) is 5.70. The Morgan fingerprint density at radius 1 is 1.25 bits per heavy atom. The van der Waals surface area contributed by atoms with Crippen molar-refractivity contribution in [2.75, 3.05) is 19.6 Å². The average Bonchev–Trinajstić information content (AvgIpc) is 2.27. The lowest BCUT2D eigenvalue weighted by molar-refractivity contribution is -0.138. The Hall–Kier alpha value is -1.35. The van der Waals surface area contributed by atoms with E-state index in [-0.39, 0.29) is 6.54 Å². The molecular formula is C13H19NO2. The molecule has 0 radical (unpaired) electrons. The normalized spacial score (nSPS) is 10.6. The Morgan fingerprint density at radius 3 is 2.50 bits per heavy atom. The first-order valence-corrected chi connectivity index (χ1v) is 5.70. The fraction of sp³-hybridized carbons (Fsp3) is 0.462. The van der Waals surface area contributed by atoms with Gasteiger partial charge in [0.1, 0.15) is 0 Å². The number of hydrogen-bond donors (Lipinski definition) is 1. The summed E-state index contributed by atoms with van der Waals surface area (Å²) in [7, 11) is 0. The van der Waals surface area contributed by atoms with Crippen molar-refractivity contribution in [3.8, 4) is 0 Å². The Balaban J connectivity index is 2.40. The fourth-order valence-corrected chi connectivity index (χ4v) is 1.71. The number of nitrogens with zero attached hydrogens (tertiary/aromatic N) is 1. The summed E-state index contributed by atoms with van der Waals surface area (Å²) in [6, 6.07) is 10.2. The molecule has 0 atom stereocenters. The third-order valence-electron chi connectivity index (χ3n) is 2.46. The summed E-state index contributed by atoms with van der Waals surface area (Å²) < 4.78 is 0. The van der Waals surface area contributed by atoms with E-state index in [4.69, 9.17) is 5.11 Å². The van der Waals surface area contributed by atoms with Crippen molar-refractivity contribution in [2.24, 2.45) is 0 Å². The van der Waals surface area contributed by atoms with Gasteiger partial charge in [0, 0.05) is 6.54 Å². The third-order valence-corrected chi connectivity index (χ3v) is 2.46. The molecule has 1 aromatic carbocycles. The molecule has 88 valence electrons. The lowest BCUT2D eigenvalue weighted by Gasteiger charge is -2.19. The van der Waals surface area contributed by atoms with E-state index in [0.717, 1.165) is 25.9 Å². The summed E-state index contributed by atoms with van der Waals surface area (Å²) in [5, 5.41) is 8.77. The molecule has 1 aromatic rings. The molecule has 3 heteroatoms. The van der Waals surface area contributed by atoms with Crippen LogP contribution in [0.25, 0.3) is 0 Å². The lowest BCUT2D eigenvalue weighted by Crippen LogP contribution is -2.32. The second kappa shape index (κ2) is 7.01. The van der Waals surface area contributed by atoms with Crippen LogP contribution in [-0.4, -0.2) is 35.6 Å². The number of carboxylic acids is 1. The minimum Gasteiger partial charge on any atom is -0.480 e. The van der Waals surface area contributed by atoms with Gasteiger partial charge in [-0.1, -0.05) is 37.3 Å². The van der Waals surface area contributed by atoms with Gasteiger partial charge in [-0.25, -0.2) is 0 Å². The highest BCUT2D eigenvalue weighted by atomic mass is 16.4. The summed E-state index contributed by atoms with van der Waals surface area (Å²) in [5.41, 5.74) is 1.26. The van der Waals surface area contributed by atoms with Gasteiger partial charge in [-0.15, -0.1) is 0 Å². The summed E-state index contributed by atoms with van der Waals surface area (Å²) in [6.07, 6.45) is 1.90. The smallest absolute Gasteiger partial charge is 0.317 e. The molecule has 3 nitrogen and oxygen atoms in total. The Kier molecular flexibility index (Phi) is 5.57. The highest BCUT2D eigenvalue weighted by molar-refractivity contribution is 5.69. The molecule has 0 saturated heterocycles. The number of carboxylic acid groups (broad SMARTS) is 1. The average molecular weight is 221 g/mol. The quantitative estimate of drug-likeness (QED) is 0.766. The summed E-state index contributed by atoms with van der Waals surface area (Å²) in [6.45, 7) is 3.86. The van der Waals surface area contributed by atoms with Crippen molar-refractivity contribution in [3.63, 3.8) is 0 Å². The van der Waals surface area contributed by atoms with Gasteiger partial charge >= 0.3 is 5.97 Å². The fourth-order valence-electron chi connectivity index (χ4n) is 1.71. The van der Waals surface area contributed by atoms with Crippen LogP contribution in [0, 0.1) is 0 Å². The van der Waals surface area contributed by atoms with Gasteiger partial charge in [0.05, 0.1) is 6.54 Å². The van der Waals surface area contributed by atoms with E-state index in [0.29, 0.717) is 0 Å². The Bertz CT molecular complexity index is 311. The van der Waals surface area contributed by atoms with E-state index >= 15 is 0 Å². The maximum atomic E-state index is 10.7. The van der Waals surface area contributed by atoms with Crippen molar-refractivity contribution >= 4 is 5.97 Å². The number of aliphatic carboxylic acids is 1. The first-order chi connectivity index (χ1) is 7.72. The van der Waals surface area contributed by atoms with Crippen LogP contribution in [0.4, 0.5) is 0 Å². The largest absolute Gasteiger partial charge is 0.480 e. The second-order valence-electron chi connectivity index (χ2n) is 3.91. The van der Waals surface area contributed by atoms with Crippen LogP contribution < -0.4 is 0 Å². The standard InChI is InChI=1S/C13H19NO2/c1-2-9-14(11-13(15)16)10-8-12-6-4-3-5-7-12/h3-7H,2,8-11H2,1H3,(H,15,16). The monoisotopic (exact) mass is 221 g/mol. The zero-order valence-electron chi connectivity index (χ0n) is 9.72. The number of carbonyl (C=O) groups is 1. The van der Waals surface area contributed by atoms with Crippen LogP contribution in [0.15, 0.2) is 30.3 Å². The molecule has 0 aliphatic heterocycles. The second-order valence-corrected chi connectivity index (χ2v) is 3.91. The number of benzene rings is 1. The maximum Gasteiger partial charge on any atom is 0.317 e. The predicted molar refractivity (Wildman–Crippen MR) is 64.5 cm³/mol. The van der Waals surface area contributed by atoms with E-state index in [1.165, 1.54) is 5.56 Å². The first kappa shape index (κ1) is 12.7. The van der Waals surface area contributed by atoms with Gasteiger partial charge in [0.2, 0.25) is 0 Å². The van der Waals surface area contributed by atoms with Crippen molar-refractivity contribution in [1.82, 2.24) is 4.90 Å². The molecule has 0 heterocycles. The predicted octanol–water partition coefficient (Wildman–Crippen LogP) is 2.03. The minimum atomic E-state index is -0.749. The van der Waals surface area contributed by atoms with Crippen LogP contribution in [0.3, 0.4) is 0 Å². The van der Waals surface area contributed by atoms with E-state index in [9.17, 15) is 4.79 Å². The van der Waals surface area contributed by atoms with E-state index in [1.807, 2.05) is 23.1 Å². The number of hydrogen-bond acceptors (Lipinski definition) is 2. The van der Waals surface area contributed by atoms with E-state index in [2.05, 4.69) is 19.1 Å². The van der Waals surface area contributed by atoms with Gasteiger partial charge in [-0.05, 0) is 24.9 Å². The van der Waals surface area contributed by atoms with Crippen molar-refractivity contribution in [3.05, 3.63) is 35.9 Å². The molecule has 1 rings (SSSR count). The topological polar surface area (TPSA) is 40.5 Å². The van der Waals surface area contributed by atoms with Gasteiger partial charge in [0.25, 0.3) is 0 Å². The molecular weight excluding hydrogens is 202 g/mol. The minimum absolute atomic E-state index is 0.140. The summed E-state index contributed by atoms with van der Waals surface area (Å²) >= 11 is 0. The molecule has 0 aliphatic rings. The van der Waals surface area contributed by atoms with Crippen LogP contribution in [-0.2, 0) is 11.2 Å². The van der Waals surface area contributed by atoms with Crippen LogP contribution in [0.5, 0.6) is 0 Å². The zero-order chi connectivity index (χ0) is 11.8. The third kappa shape index (κ3) is 4.94. The Morgan fingerprint density at radius 2 is 1.94 bits per heavy atom. The highest BCUT2D eigenvalue weighted by Crippen LogP contribution is 2.02. The summed E-state index contributed by atoms with van der Waals surface area (Å²) in [4.78, 5) is 12.6. The molecule has 0 bridgehead atoms. The molecule has 0 saturated carbocycles. The van der Waals surface area contributed by atoms with Crippen molar-refractivity contribution in [2.45, 2.75) is 19.8 Å². The summed E-state index contributed by atoms with van der Waals surface area (Å²) in [5.74, 6) is -0.749. The molecule has 16 heavy (non-hydrogen) atoms. The van der Waals surface area contributed by atoms with Crippen LogP contribution in [0.1, 0.15) is 18.9 Å².